The Hall–Kier alpha value is 0.138. The number of hydrogen-bond acceptors (Lipinski definition) is 0. The maximum atomic E-state index is 2.17. The van der Waals surface area contributed by atoms with Crippen LogP contribution in [0.15, 0.2) is 60.7 Å². The van der Waals surface area contributed by atoms with Crippen LogP contribution >= 0.6 is 8.58 Å². The number of halogens is 2. The molecule has 0 N–H and O–H groups in total. The topological polar surface area (TPSA) is 0 Å². The summed E-state index contributed by atoms with van der Waals surface area (Å²) in [6.45, 7) is 0. The van der Waals surface area contributed by atoms with Crippen LogP contribution in [-0.4, -0.2) is 0 Å². The Morgan fingerprint density at radius 3 is 1.19 bits per heavy atom. The van der Waals surface area contributed by atoms with Crippen LogP contribution in [0.3, 0.4) is 0 Å². The summed E-state index contributed by atoms with van der Waals surface area (Å²) in [5.74, 6) is 0. The van der Waals surface area contributed by atoms with Crippen molar-refractivity contribution >= 4 is 19.2 Å². The first-order valence-electron chi connectivity index (χ1n) is 4.32. The zero-order valence-corrected chi connectivity index (χ0v) is 13.1. The van der Waals surface area contributed by atoms with Gasteiger partial charge in [-0.2, -0.15) is 0 Å². The molecule has 0 aliphatic rings. The van der Waals surface area contributed by atoms with Gasteiger partial charge in [0.05, 0.1) is 0 Å². The maximum absolute atomic E-state index is 2.17. The minimum absolute atomic E-state index is 0. The summed E-state index contributed by atoms with van der Waals surface area (Å²) in [6, 6.07) is 21.2. The first kappa shape index (κ1) is 18.5. The average Bonchev–Trinajstić information content (AvgIpc) is 2.21. The van der Waals surface area contributed by atoms with Crippen LogP contribution in [0.4, 0.5) is 0 Å². The summed E-state index contributed by atoms with van der Waals surface area (Å²) in [5, 5.41) is 2.79. The van der Waals surface area contributed by atoms with Gasteiger partial charge in [-0.25, -0.2) is 0 Å². The SMILES string of the molecule is [Cl-].[Cl-].[Pt+2].c1ccc(Pc2ccccc2)cc1. The van der Waals surface area contributed by atoms with E-state index in [0.717, 1.165) is 8.58 Å². The maximum Gasteiger partial charge on any atom is 2.00 e. The fourth-order valence-electron chi connectivity index (χ4n) is 1.21. The molecule has 0 radical (unpaired) electrons. The molecule has 0 atom stereocenters. The molecule has 2 rings (SSSR count). The average molecular weight is 452 g/mol. The van der Waals surface area contributed by atoms with Gasteiger partial charge in [0, 0.05) is 0 Å². The van der Waals surface area contributed by atoms with Gasteiger partial charge in [-0.3, -0.25) is 0 Å². The second kappa shape index (κ2) is 10.3. The molecule has 0 saturated carbocycles. The minimum Gasteiger partial charge on any atom is -1.00 e. The Balaban J connectivity index is 0. The second-order valence-electron chi connectivity index (χ2n) is 2.86. The summed E-state index contributed by atoms with van der Waals surface area (Å²) < 4.78 is 0. The Morgan fingerprint density at radius 2 is 0.875 bits per heavy atom. The van der Waals surface area contributed by atoms with Gasteiger partial charge in [0.1, 0.15) is 0 Å². The van der Waals surface area contributed by atoms with Crippen LogP contribution in [0.5, 0.6) is 0 Å². The van der Waals surface area contributed by atoms with Crippen molar-refractivity contribution < 1.29 is 45.9 Å². The Labute approximate surface area is 125 Å². The number of hydrogen-bond donors (Lipinski definition) is 0. The van der Waals surface area contributed by atoms with Gasteiger partial charge in [0.15, 0.2) is 0 Å². The van der Waals surface area contributed by atoms with Crippen molar-refractivity contribution in [2.24, 2.45) is 0 Å². The fourth-order valence-corrected chi connectivity index (χ4v) is 2.26. The van der Waals surface area contributed by atoms with Crippen LogP contribution in [0.1, 0.15) is 0 Å². The van der Waals surface area contributed by atoms with Crippen molar-refractivity contribution in [1.29, 1.82) is 0 Å². The molecule has 0 bridgehead atoms. The van der Waals surface area contributed by atoms with E-state index in [1.165, 1.54) is 10.6 Å². The molecule has 0 heterocycles. The molecule has 88 valence electrons. The summed E-state index contributed by atoms with van der Waals surface area (Å²) in [4.78, 5) is 0. The Bertz CT molecular complexity index is 330. The van der Waals surface area contributed by atoms with E-state index in [1.807, 2.05) is 0 Å². The zero-order valence-electron chi connectivity index (χ0n) is 8.35. The van der Waals surface area contributed by atoms with E-state index in [9.17, 15) is 0 Å². The van der Waals surface area contributed by atoms with Gasteiger partial charge in [-0.05, 0) is 10.6 Å². The smallest absolute Gasteiger partial charge is 1.00 e. The quantitative estimate of drug-likeness (QED) is 0.413. The van der Waals surface area contributed by atoms with Gasteiger partial charge in [-0.15, -0.1) is 0 Å². The third kappa shape index (κ3) is 6.02. The van der Waals surface area contributed by atoms with Gasteiger partial charge < -0.3 is 24.8 Å². The van der Waals surface area contributed by atoms with Gasteiger partial charge in [0.25, 0.3) is 0 Å². The molecule has 0 amide bonds. The molecule has 0 aromatic heterocycles. The monoisotopic (exact) mass is 451 g/mol. The minimum atomic E-state index is 0. The van der Waals surface area contributed by atoms with Gasteiger partial charge in [0.2, 0.25) is 0 Å². The first-order chi connectivity index (χ1) is 6.45. The molecular formula is C12H11Cl2PPt. The van der Waals surface area contributed by atoms with Crippen LogP contribution in [0.2, 0.25) is 0 Å². The standard InChI is InChI=1S/C12H11P.2ClH.Pt/c1-3-7-11(8-4-1)13-12-9-5-2-6-10-12;;;/h1-10,13H;2*1H;/q;;;+2/p-2. The van der Waals surface area contributed by atoms with Crippen molar-refractivity contribution in [3.63, 3.8) is 0 Å². The number of rotatable bonds is 2. The summed E-state index contributed by atoms with van der Waals surface area (Å²) in [7, 11) is 0.777. The second-order valence-corrected chi connectivity index (χ2v) is 4.26. The van der Waals surface area contributed by atoms with Crippen molar-refractivity contribution in [2.75, 3.05) is 0 Å². The molecule has 0 fully saturated rings. The zero-order chi connectivity index (χ0) is 8.93. The molecule has 0 saturated heterocycles. The van der Waals surface area contributed by atoms with Gasteiger partial charge in [-0.1, -0.05) is 69.2 Å². The van der Waals surface area contributed by atoms with E-state index in [2.05, 4.69) is 60.7 Å². The Kier molecular flexibility index (Phi) is 11.9. The normalized spacial score (nSPS) is 8.00. The van der Waals surface area contributed by atoms with Crippen molar-refractivity contribution in [3.05, 3.63) is 60.7 Å². The van der Waals surface area contributed by atoms with Crippen LogP contribution < -0.4 is 35.4 Å². The fraction of sp³-hybridized carbons (Fsp3) is 0. The van der Waals surface area contributed by atoms with E-state index in [-0.39, 0.29) is 45.9 Å². The van der Waals surface area contributed by atoms with E-state index < -0.39 is 0 Å². The van der Waals surface area contributed by atoms with E-state index in [4.69, 9.17) is 0 Å². The molecule has 0 aliphatic carbocycles. The number of benzene rings is 2. The third-order valence-electron chi connectivity index (χ3n) is 1.84. The van der Waals surface area contributed by atoms with E-state index in [0.29, 0.717) is 0 Å². The van der Waals surface area contributed by atoms with Crippen LogP contribution in [-0.2, 0) is 21.1 Å². The molecule has 0 unspecified atom stereocenters. The van der Waals surface area contributed by atoms with E-state index in [1.54, 1.807) is 0 Å². The molecule has 4 heteroatoms. The molecule has 2 aromatic carbocycles. The largest absolute Gasteiger partial charge is 2.00 e. The summed E-state index contributed by atoms with van der Waals surface area (Å²) in [6.07, 6.45) is 0. The summed E-state index contributed by atoms with van der Waals surface area (Å²) in [5.41, 5.74) is 0. The molecule has 0 aliphatic heterocycles. The van der Waals surface area contributed by atoms with Crippen molar-refractivity contribution in [2.45, 2.75) is 0 Å². The first-order valence-corrected chi connectivity index (χ1v) is 5.32. The molecular weight excluding hydrogens is 441 g/mol. The third-order valence-corrected chi connectivity index (χ3v) is 3.08. The van der Waals surface area contributed by atoms with Crippen molar-refractivity contribution in [1.82, 2.24) is 0 Å². The predicted molar refractivity (Wildman–Crippen MR) is 60.5 cm³/mol. The molecule has 0 spiro atoms. The van der Waals surface area contributed by atoms with Crippen molar-refractivity contribution in [3.8, 4) is 0 Å². The summed E-state index contributed by atoms with van der Waals surface area (Å²) >= 11 is 0. The molecule has 0 nitrogen and oxygen atoms in total. The van der Waals surface area contributed by atoms with Gasteiger partial charge >= 0.3 is 21.1 Å². The van der Waals surface area contributed by atoms with Crippen LogP contribution in [0, 0.1) is 0 Å². The van der Waals surface area contributed by atoms with Crippen LogP contribution in [0.25, 0.3) is 0 Å². The predicted octanol–water partition coefficient (Wildman–Crippen LogP) is -3.68. The molecule has 16 heavy (non-hydrogen) atoms. The van der Waals surface area contributed by atoms with E-state index >= 15 is 0 Å². The molecule has 2 aromatic rings. The Morgan fingerprint density at radius 1 is 0.562 bits per heavy atom.